The second-order valence-corrected chi connectivity index (χ2v) is 5.61. The van der Waals surface area contributed by atoms with Crippen molar-refractivity contribution >= 4 is 28.3 Å². The molecule has 0 aromatic heterocycles. The van der Waals surface area contributed by atoms with Crippen LogP contribution in [0.1, 0.15) is 5.56 Å². The van der Waals surface area contributed by atoms with Crippen molar-refractivity contribution in [3.8, 4) is 5.75 Å². The summed E-state index contributed by atoms with van der Waals surface area (Å²) < 4.78 is 27.5. The number of nitrogens with zero attached hydrogens (tertiary/aromatic N) is 1. The lowest BCUT2D eigenvalue weighted by Gasteiger charge is -2.08. The molecule has 0 atom stereocenters. The zero-order valence-electron chi connectivity index (χ0n) is 10.2. The quantitative estimate of drug-likeness (QED) is 0.817. The summed E-state index contributed by atoms with van der Waals surface area (Å²) in [6.45, 7) is 1.97. The van der Waals surface area contributed by atoms with Gasteiger partial charge in [-0.1, -0.05) is 12.1 Å². The Morgan fingerprint density at radius 1 is 1.42 bits per heavy atom. The summed E-state index contributed by atoms with van der Waals surface area (Å²) in [6, 6.07) is 6.87. The molecule has 0 amide bonds. The van der Waals surface area contributed by atoms with E-state index in [9.17, 15) is 8.42 Å². The minimum Gasteiger partial charge on any atom is -0.486 e. The number of aliphatic imine (C=N–C) groups is 1. The number of sulfonamides is 1. The fourth-order valence-electron chi connectivity index (χ4n) is 1.65. The van der Waals surface area contributed by atoms with Crippen LogP contribution in [0.25, 0.3) is 0 Å². The Bertz CT molecular complexity index is 560. The van der Waals surface area contributed by atoms with Gasteiger partial charge in [-0.15, -0.1) is 12.4 Å². The molecule has 0 unspecified atom stereocenters. The molecule has 2 rings (SSSR count). The highest BCUT2D eigenvalue weighted by Gasteiger charge is 2.08. The summed E-state index contributed by atoms with van der Waals surface area (Å²) in [4.78, 5) is 4.20. The third-order valence-corrected chi connectivity index (χ3v) is 3.12. The first-order chi connectivity index (χ1) is 8.53. The number of halogens is 1. The Balaban J connectivity index is 0.00000180. The van der Waals surface area contributed by atoms with Crippen molar-refractivity contribution in [1.29, 1.82) is 0 Å². The molecule has 1 aromatic carbocycles. The van der Waals surface area contributed by atoms with Crippen LogP contribution in [-0.4, -0.2) is 33.9 Å². The molecule has 3 N–H and O–H groups in total. The van der Waals surface area contributed by atoms with Gasteiger partial charge < -0.3 is 10.1 Å². The second-order valence-electron chi connectivity index (χ2n) is 4.00. The number of nitrogens with one attached hydrogen (secondary N) is 1. The molecule has 0 saturated carbocycles. The van der Waals surface area contributed by atoms with Gasteiger partial charge in [-0.3, -0.25) is 4.99 Å². The van der Waals surface area contributed by atoms with E-state index in [1.54, 1.807) is 24.3 Å². The minimum absolute atomic E-state index is 0. The maximum atomic E-state index is 11.0. The predicted octanol–water partition coefficient (Wildman–Crippen LogP) is 0.277. The third-order valence-electron chi connectivity index (χ3n) is 2.39. The van der Waals surface area contributed by atoms with Gasteiger partial charge in [0.2, 0.25) is 10.0 Å². The fourth-order valence-corrected chi connectivity index (χ4v) is 2.30. The molecule has 106 valence electrons. The Morgan fingerprint density at radius 2 is 2.21 bits per heavy atom. The normalized spacial score (nSPS) is 14.3. The second kappa shape index (κ2) is 6.74. The first-order valence-electron chi connectivity index (χ1n) is 5.52. The summed E-state index contributed by atoms with van der Waals surface area (Å²) >= 11 is 0. The average Bonchev–Trinajstić information content (AvgIpc) is 2.77. The van der Waals surface area contributed by atoms with Crippen LogP contribution < -0.4 is 15.2 Å². The maximum Gasteiger partial charge on any atom is 0.213 e. The van der Waals surface area contributed by atoms with Crippen molar-refractivity contribution < 1.29 is 13.2 Å². The van der Waals surface area contributed by atoms with Gasteiger partial charge in [0.15, 0.2) is 0 Å². The van der Waals surface area contributed by atoms with Crippen LogP contribution in [0.4, 0.5) is 0 Å². The summed E-state index contributed by atoms with van der Waals surface area (Å²) in [6.07, 6.45) is 0. The molecule has 0 aliphatic carbocycles. The van der Waals surface area contributed by atoms with E-state index in [4.69, 9.17) is 9.88 Å². The lowest BCUT2D eigenvalue weighted by atomic mass is 10.2. The molecule has 1 aliphatic rings. The fraction of sp³-hybridized carbons (Fsp3) is 0.364. The van der Waals surface area contributed by atoms with Gasteiger partial charge in [0.25, 0.3) is 0 Å². The molecule has 1 aromatic rings. The van der Waals surface area contributed by atoms with Crippen molar-refractivity contribution in [3.63, 3.8) is 0 Å². The van der Waals surface area contributed by atoms with E-state index in [2.05, 4.69) is 10.3 Å². The zero-order chi connectivity index (χ0) is 13.0. The maximum absolute atomic E-state index is 11.0. The zero-order valence-corrected chi connectivity index (χ0v) is 11.8. The Kier molecular flexibility index (Phi) is 5.59. The van der Waals surface area contributed by atoms with E-state index in [0.29, 0.717) is 17.9 Å². The van der Waals surface area contributed by atoms with Gasteiger partial charge in [0.1, 0.15) is 18.2 Å². The van der Waals surface area contributed by atoms with E-state index in [-0.39, 0.29) is 18.2 Å². The van der Waals surface area contributed by atoms with E-state index in [0.717, 1.165) is 18.9 Å². The van der Waals surface area contributed by atoms with E-state index in [1.807, 2.05) is 0 Å². The molecular formula is C11H16ClN3O3S. The number of ether oxygens (including phenoxy) is 1. The first kappa shape index (κ1) is 15.7. The Labute approximate surface area is 118 Å². The number of hydrogen-bond acceptors (Lipinski definition) is 5. The van der Waals surface area contributed by atoms with Crippen molar-refractivity contribution in [2.45, 2.75) is 5.75 Å². The highest BCUT2D eigenvalue weighted by Crippen LogP contribution is 2.14. The van der Waals surface area contributed by atoms with Crippen LogP contribution in [0, 0.1) is 0 Å². The Morgan fingerprint density at radius 3 is 2.84 bits per heavy atom. The molecule has 1 aliphatic heterocycles. The predicted molar refractivity (Wildman–Crippen MR) is 76.3 cm³/mol. The highest BCUT2D eigenvalue weighted by atomic mass is 35.5. The molecule has 0 bridgehead atoms. The van der Waals surface area contributed by atoms with Crippen molar-refractivity contribution in [2.24, 2.45) is 10.1 Å². The number of rotatable bonds is 5. The molecule has 0 radical (unpaired) electrons. The SMILES string of the molecule is Cl.NS(=O)(=O)Cc1cccc(OCC2=NCCN2)c1. The molecule has 6 nitrogen and oxygen atoms in total. The van der Waals surface area contributed by atoms with Gasteiger partial charge >= 0.3 is 0 Å². The number of amidine groups is 1. The van der Waals surface area contributed by atoms with E-state index < -0.39 is 10.0 Å². The number of benzene rings is 1. The van der Waals surface area contributed by atoms with Crippen LogP contribution in [-0.2, 0) is 15.8 Å². The Hall–Kier alpha value is -1.31. The van der Waals surface area contributed by atoms with Crippen LogP contribution in [0.15, 0.2) is 29.3 Å². The van der Waals surface area contributed by atoms with Crippen molar-refractivity contribution in [1.82, 2.24) is 5.32 Å². The summed E-state index contributed by atoms with van der Waals surface area (Å²) in [5, 5.41) is 8.08. The monoisotopic (exact) mass is 305 g/mol. The largest absolute Gasteiger partial charge is 0.486 e. The van der Waals surface area contributed by atoms with E-state index in [1.165, 1.54) is 0 Å². The van der Waals surface area contributed by atoms with Gasteiger partial charge in [-0.05, 0) is 17.7 Å². The lowest BCUT2D eigenvalue weighted by Crippen LogP contribution is -2.24. The van der Waals surface area contributed by atoms with Crippen molar-refractivity contribution in [2.75, 3.05) is 19.7 Å². The minimum atomic E-state index is -3.52. The smallest absolute Gasteiger partial charge is 0.213 e. The van der Waals surface area contributed by atoms with Crippen LogP contribution in [0.2, 0.25) is 0 Å². The van der Waals surface area contributed by atoms with Crippen LogP contribution in [0.5, 0.6) is 5.75 Å². The number of primary sulfonamides is 1. The van der Waals surface area contributed by atoms with Crippen molar-refractivity contribution in [3.05, 3.63) is 29.8 Å². The summed E-state index contributed by atoms with van der Waals surface area (Å²) in [5.41, 5.74) is 0.608. The standard InChI is InChI=1S/C11H15N3O3S.ClH/c12-18(15,16)8-9-2-1-3-10(6-9)17-7-11-13-4-5-14-11;/h1-3,6H,4-5,7-8H2,(H,13,14)(H2,12,15,16);1H. The average molecular weight is 306 g/mol. The molecule has 19 heavy (non-hydrogen) atoms. The molecule has 0 saturated heterocycles. The van der Waals surface area contributed by atoms with Crippen LogP contribution in [0.3, 0.4) is 0 Å². The van der Waals surface area contributed by atoms with Gasteiger partial charge in [0, 0.05) is 6.54 Å². The molecule has 0 fully saturated rings. The van der Waals surface area contributed by atoms with E-state index >= 15 is 0 Å². The topological polar surface area (TPSA) is 93.8 Å². The number of nitrogens with two attached hydrogens (primary N) is 1. The molecule has 8 heteroatoms. The number of hydrogen-bond donors (Lipinski definition) is 2. The van der Waals surface area contributed by atoms with Crippen LogP contribution >= 0.6 is 12.4 Å². The first-order valence-corrected chi connectivity index (χ1v) is 7.24. The molecule has 0 spiro atoms. The van der Waals surface area contributed by atoms with Gasteiger partial charge in [-0.25, -0.2) is 13.6 Å². The summed E-state index contributed by atoms with van der Waals surface area (Å²) in [5.74, 6) is 1.23. The summed E-state index contributed by atoms with van der Waals surface area (Å²) in [7, 11) is -3.52. The highest BCUT2D eigenvalue weighted by molar-refractivity contribution is 7.88. The molecule has 1 heterocycles. The third kappa shape index (κ3) is 5.46. The van der Waals surface area contributed by atoms with Gasteiger partial charge in [0.05, 0.1) is 12.3 Å². The molecular weight excluding hydrogens is 290 g/mol. The lowest BCUT2D eigenvalue weighted by molar-refractivity contribution is 0.373. The van der Waals surface area contributed by atoms with Gasteiger partial charge in [-0.2, -0.15) is 0 Å².